The van der Waals surface area contributed by atoms with Crippen LogP contribution < -0.4 is 10.1 Å². The smallest absolute Gasteiger partial charge is 0.305 e. The molecule has 0 aliphatic carbocycles. The lowest BCUT2D eigenvalue weighted by Gasteiger charge is -2.11. The van der Waals surface area contributed by atoms with Crippen LogP contribution in [0.25, 0.3) is 0 Å². The minimum atomic E-state index is -0.275. The van der Waals surface area contributed by atoms with Crippen molar-refractivity contribution in [1.82, 2.24) is 10.3 Å². The Balaban J connectivity index is 1.74. The predicted octanol–water partition coefficient (Wildman–Crippen LogP) is 1.65. The minimum absolute atomic E-state index is 0.208. The molecule has 1 aromatic heterocycles. The van der Waals surface area contributed by atoms with Gasteiger partial charge in [-0.2, -0.15) is 11.8 Å². The van der Waals surface area contributed by atoms with Crippen molar-refractivity contribution in [2.45, 2.75) is 25.4 Å². The Labute approximate surface area is 134 Å². The molecule has 1 fully saturated rings. The molecule has 120 valence electrons. The second kappa shape index (κ2) is 8.63. The van der Waals surface area contributed by atoms with Crippen LogP contribution in [0.1, 0.15) is 29.6 Å². The molecule has 6 nitrogen and oxygen atoms in total. The number of carbonyl (C=O) groups excluding carboxylic acids is 2. The zero-order valence-electron chi connectivity index (χ0n) is 12.5. The van der Waals surface area contributed by atoms with Gasteiger partial charge in [-0.3, -0.25) is 9.59 Å². The van der Waals surface area contributed by atoms with Crippen LogP contribution in [0.15, 0.2) is 18.3 Å². The van der Waals surface area contributed by atoms with Crippen LogP contribution in [0.2, 0.25) is 0 Å². The summed E-state index contributed by atoms with van der Waals surface area (Å²) in [6.07, 6.45) is 3.60. The zero-order valence-corrected chi connectivity index (χ0v) is 13.4. The number of nitrogens with one attached hydrogen (secondary N) is 1. The molecule has 0 aromatic carbocycles. The number of ether oxygens (including phenoxy) is 2. The summed E-state index contributed by atoms with van der Waals surface area (Å²) < 4.78 is 10.3. The fraction of sp³-hybridized carbons (Fsp3) is 0.533. The largest absolute Gasteiger partial charge is 0.473 e. The molecule has 1 amide bonds. The van der Waals surface area contributed by atoms with Gasteiger partial charge in [0.1, 0.15) is 6.10 Å². The van der Waals surface area contributed by atoms with Crippen LogP contribution in [0.4, 0.5) is 0 Å². The van der Waals surface area contributed by atoms with E-state index in [9.17, 15) is 9.59 Å². The number of esters is 1. The van der Waals surface area contributed by atoms with Gasteiger partial charge < -0.3 is 14.8 Å². The summed E-state index contributed by atoms with van der Waals surface area (Å²) in [7, 11) is 1.35. The SMILES string of the molecule is COC(=O)CCCNC(=O)c1ccc(OC2CCSC2)nc1. The Kier molecular flexibility index (Phi) is 6.51. The van der Waals surface area contributed by atoms with Gasteiger partial charge in [-0.25, -0.2) is 4.98 Å². The Morgan fingerprint density at radius 3 is 2.95 bits per heavy atom. The predicted molar refractivity (Wildman–Crippen MR) is 84.2 cm³/mol. The molecule has 22 heavy (non-hydrogen) atoms. The molecule has 0 spiro atoms. The average Bonchev–Trinajstić information content (AvgIpc) is 3.04. The standard InChI is InChI=1S/C15H20N2O4S/c1-20-14(18)3-2-7-16-15(19)11-4-5-13(17-9-11)21-12-6-8-22-10-12/h4-5,9,12H,2-3,6-8,10H2,1H3,(H,16,19). The van der Waals surface area contributed by atoms with Gasteiger partial charge in [-0.1, -0.05) is 0 Å². The van der Waals surface area contributed by atoms with E-state index in [0.717, 1.165) is 17.9 Å². The van der Waals surface area contributed by atoms with Gasteiger partial charge in [0.05, 0.1) is 12.7 Å². The molecular weight excluding hydrogens is 304 g/mol. The second-order valence-corrected chi connectivity index (χ2v) is 6.07. The Morgan fingerprint density at radius 1 is 1.45 bits per heavy atom. The molecule has 1 unspecified atom stereocenters. The molecule has 1 atom stereocenters. The molecule has 1 aliphatic rings. The Hall–Kier alpha value is -1.76. The lowest BCUT2D eigenvalue weighted by Crippen LogP contribution is -2.25. The molecule has 0 radical (unpaired) electrons. The number of amides is 1. The van der Waals surface area contributed by atoms with Crippen LogP contribution in [-0.4, -0.2) is 48.1 Å². The molecule has 1 saturated heterocycles. The van der Waals surface area contributed by atoms with Gasteiger partial charge >= 0.3 is 5.97 Å². The lowest BCUT2D eigenvalue weighted by atomic mass is 10.2. The van der Waals surface area contributed by atoms with Crippen molar-refractivity contribution in [3.63, 3.8) is 0 Å². The monoisotopic (exact) mass is 324 g/mol. The maximum Gasteiger partial charge on any atom is 0.305 e. The quantitative estimate of drug-likeness (QED) is 0.607. The summed E-state index contributed by atoms with van der Waals surface area (Å²) in [5.41, 5.74) is 0.478. The third kappa shape index (κ3) is 5.22. The average molecular weight is 324 g/mol. The highest BCUT2D eigenvalue weighted by Gasteiger charge is 2.17. The number of carbonyl (C=O) groups is 2. The van der Waals surface area contributed by atoms with Gasteiger partial charge in [0.25, 0.3) is 5.91 Å². The first-order valence-electron chi connectivity index (χ1n) is 7.24. The maximum absolute atomic E-state index is 11.9. The molecule has 2 heterocycles. The molecule has 2 rings (SSSR count). The molecular formula is C15H20N2O4S. The van der Waals surface area contributed by atoms with Crippen LogP contribution in [0, 0.1) is 0 Å². The molecule has 1 aromatic rings. The van der Waals surface area contributed by atoms with E-state index < -0.39 is 0 Å². The first-order valence-corrected chi connectivity index (χ1v) is 8.40. The summed E-state index contributed by atoms with van der Waals surface area (Å²) in [6, 6.07) is 3.41. The number of pyridine rings is 1. The van der Waals surface area contributed by atoms with E-state index in [1.165, 1.54) is 13.3 Å². The lowest BCUT2D eigenvalue weighted by molar-refractivity contribution is -0.140. The number of nitrogens with zero attached hydrogens (tertiary/aromatic N) is 1. The van der Waals surface area contributed by atoms with Gasteiger partial charge in [-0.05, 0) is 24.7 Å². The topological polar surface area (TPSA) is 77.5 Å². The van der Waals surface area contributed by atoms with Gasteiger partial charge in [0.2, 0.25) is 5.88 Å². The third-order valence-electron chi connectivity index (χ3n) is 3.24. The zero-order chi connectivity index (χ0) is 15.8. The van der Waals surface area contributed by atoms with E-state index in [4.69, 9.17) is 4.74 Å². The third-order valence-corrected chi connectivity index (χ3v) is 4.38. The number of hydrogen-bond acceptors (Lipinski definition) is 6. The van der Waals surface area contributed by atoms with Crippen molar-refractivity contribution in [2.75, 3.05) is 25.2 Å². The van der Waals surface area contributed by atoms with Crippen molar-refractivity contribution in [3.8, 4) is 5.88 Å². The summed E-state index contributed by atoms with van der Waals surface area (Å²) in [4.78, 5) is 27.0. The fourth-order valence-electron chi connectivity index (χ4n) is 2.00. The second-order valence-electron chi connectivity index (χ2n) is 4.92. The van der Waals surface area contributed by atoms with E-state index >= 15 is 0 Å². The number of methoxy groups -OCH3 is 1. The normalized spacial score (nSPS) is 17.0. The highest BCUT2D eigenvalue weighted by Crippen LogP contribution is 2.21. The van der Waals surface area contributed by atoms with Crippen molar-refractivity contribution in [2.24, 2.45) is 0 Å². The van der Waals surface area contributed by atoms with Gasteiger partial charge in [0.15, 0.2) is 0 Å². The van der Waals surface area contributed by atoms with Crippen LogP contribution in [-0.2, 0) is 9.53 Å². The summed E-state index contributed by atoms with van der Waals surface area (Å²) in [6.45, 7) is 0.422. The molecule has 7 heteroatoms. The first kappa shape index (κ1) is 16.6. The number of thioether (sulfide) groups is 1. The maximum atomic E-state index is 11.9. The van der Waals surface area contributed by atoms with E-state index in [-0.39, 0.29) is 18.0 Å². The van der Waals surface area contributed by atoms with Gasteiger partial charge in [0, 0.05) is 31.0 Å². The summed E-state index contributed by atoms with van der Waals surface area (Å²) >= 11 is 1.87. The summed E-state index contributed by atoms with van der Waals surface area (Å²) in [5, 5.41) is 2.74. The van der Waals surface area contributed by atoms with E-state index in [0.29, 0.717) is 30.8 Å². The summed E-state index contributed by atoms with van der Waals surface area (Å²) in [5.74, 6) is 2.18. The van der Waals surface area contributed by atoms with Crippen LogP contribution >= 0.6 is 11.8 Å². The number of hydrogen-bond donors (Lipinski definition) is 1. The van der Waals surface area contributed by atoms with Crippen molar-refractivity contribution in [1.29, 1.82) is 0 Å². The van der Waals surface area contributed by atoms with E-state index in [2.05, 4.69) is 15.0 Å². The van der Waals surface area contributed by atoms with E-state index in [1.807, 2.05) is 11.8 Å². The molecule has 0 bridgehead atoms. The fourth-order valence-corrected chi connectivity index (χ4v) is 3.09. The van der Waals surface area contributed by atoms with Crippen LogP contribution in [0.3, 0.4) is 0 Å². The van der Waals surface area contributed by atoms with Crippen LogP contribution in [0.5, 0.6) is 5.88 Å². The Morgan fingerprint density at radius 2 is 2.32 bits per heavy atom. The molecule has 0 saturated carbocycles. The highest BCUT2D eigenvalue weighted by atomic mass is 32.2. The highest BCUT2D eigenvalue weighted by molar-refractivity contribution is 7.99. The minimum Gasteiger partial charge on any atom is -0.473 e. The number of rotatable bonds is 7. The first-order chi connectivity index (χ1) is 10.7. The number of aromatic nitrogens is 1. The molecule has 1 aliphatic heterocycles. The van der Waals surface area contributed by atoms with Crippen molar-refractivity contribution >= 4 is 23.6 Å². The van der Waals surface area contributed by atoms with Crippen molar-refractivity contribution in [3.05, 3.63) is 23.9 Å². The van der Waals surface area contributed by atoms with E-state index in [1.54, 1.807) is 12.1 Å². The van der Waals surface area contributed by atoms with Gasteiger partial charge in [-0.15, -0.1) is 0 Å². The Bertz CT molecular complexity index is 501. The van der Waals surface area contributed by atoms with Crippen molar-refractivity contribution < 1.29 is 19.1 Å². The molecule has 1 N–H and O–H groups in total.